The predicted molar refractivity (Wildman–Crippen MR) is 73.6 cm³/mol. The molecule has 1 aliphatic rings. The fraction of sp³-hybridized carbons (Fsp3) is 0.417. The molecule has 3 N–H and O–H groups in total. The second kappa shape index (κ2) is 5.58. The lowest BCUT2D eigenvalue weighted by Gasteiger charge is -2.14. The number of sulfonamides is 1. The summed E-state index contributed by atoms with van der Waals surface area (Å²) < 4.78 is 24.9. The van der Waals surface area contributed by atoms with Crippen molar-refractivity contribution in [3.05, 3.63) is 29.8 Å². The van der Waals surface area contributed by atoms with Crippen molar-refractivity contribution in [1.82, 2.24) is 10.6 Å². The highest BCUT2D eigenvalue weighted by Crippen LogP contribution is 2.16. The number of amides is 1. The van der Waals surface area contributed by atoms with Crippen LogP contribution in [-0.4, -0.2) is 39.7 Å². The summed E-state index contributed by atoms with van der Waals surface area (Å²) in [6.45, 7) is 1.63. The van der Waals surface area contributed by atoms with E-state index in [1.165, 1.54) is 0 Å². The smallest absolute Gasteiger partial charge is 0.253 e. The van der Waals surface area contributed by atoms with Crippen LogP contribution in [0.4, 0.5) is 5.69 Å². The highest BCUT2D eigenvalue weighted by Gasteiger charge is 2.19. The summed E-state index contributed by atoms with van der Waals surface area (Å²) in [5.41, 5.74) is 0.633. The summed E-state index contributed by atoms with van der Waals surface area (Å²) in [5, 5.41) is 6.04. The summed E-state index contributed by atoms with van der Waals surface area (Å²) in [5.74, 6) is -0.263. The largest absolute Gasteiger partial charge is 0.348 e. The predicted octanol–water partition coefficient (Wildman–Crippen LogP) is 0.150. The summed E-state index contributed by atoms with van der Waals surface area (Å²) >= 11 is 0. The Kier molecular flexibility index (Phi) is 4.06. The lowest BCUT2D eigenvalue weighted by Crippen LogP contribution is -2.36. The van der Waals surface area contributed by atoms with Crippen LogP contribution in [0.5, 0.6) is 0 Å². The van der Waals surface area contributed by atoms with Crippen molar-refractivity contribution in [3.8, 4) is 0 Å². The summed E-state index contributed by atoms with van der Waals surface area (Å²) in [6, 6.07) is 6.66. The normalized spacial score (nSPS) is 19.1. The number of hydrogen-bond donors (Lipinski definition) is 3. The molecule has 0 bridgehead atoms. The van der Waals surface area contributed by atoms with Gasteiger partial charge < -0.3 is 10.6 Å². The first-order chi connectivity index (χ1) is 8.96. The molecule has 0 aromatic heterocycles. The van der Waals surface area contributed by atoms with Crippen molar-refractivity contribution < 1.29 is 13.2 Å². The van der Waals surface area contributed by atoms with E-state index in [-0.39, 0.29) is 11.9 Å². The molecular formula is C12H17N3O3S. The van der Waals surface area contributed by atoms with E-state index in [9.17, 15) is 13.2 Å². The van der Waals surface area contributed by atoms with Crippen LogP contribution in [0, 0.1) is 0 Å². The minimum atomic E-state index is -3.40. The fourth-order valence-corrected chi connectivity index (χ4v) is 2.59. The van der Waals surface area contributed by atoms with E-state index in [0.717, 1.165) is 25.8 Å². The Morgan fingerprint density at radius 3 is 2.74 bits per heavy atom. The molecule has 7 heteroatoms. The molecule has 0 aliphatic carbocycles. The second-order valence-electron chi connectivity index (χ2n) is 4.58. The Morgan fingerprint density at radius 2 is 2.11 bits per heavy atom. The number of benzene rings is 1. The van der Waals surface area contributed by atoms with Crippen molar-refractivity contribution in [2.45, 2.75) is 12.5 Å². The van der Waals surface area contributed by atoms with Crippen molar-refractivity contribution in [1.29, 1.82) is 0 Å². The number of carbonyl (C=O) groups excluding carboxylic acids is 1. The summed E-state index contributed by atoms with van der Waals surface area (Å²) in [7, 11) is -3.40. The fourth-order valence-electron chi connectivity index (χ4n) is 2.01. The van der Waals surface area contributed by atoms with Gasteiger partial charge in [0.05, 0.1) is 17.5 Å². The SMILES string of the molecule is CS(=O)(=O)Nc1ccccc1C(=O)NC1CCNC1. The van der Waals surface area contributed by atoms with Crippen LogP contribution in [-0.2, 0) is 10.0 Å². The van der Waals surface area contributed by atoms with Gasteiger partial charge in [0.1, 0.15) is 0 Å². The maximum Gasteiger partial charge on any atom is 0.253 e. The highest BCUT2D eigenvalue weighted by molar-refractivity contribution is 7.92. The Labute approximate surface area is 112 Å². The molecule has 0 spiro atoms. The molecule has 0 saturated carbocycles. The molecule has 1 atom stereocenters. The molecule has 6 nitrogen and oxygen atoms in total. The lowest BCUT2D eigenvalue weighted by atomic mass is 10.1. The van der Waals surface area contributed by atoms with Gasteiger partial charge in [-0.15, -0.1) is 0 Å². The van der Waals surface area contributed by atoms with Gasteiger partial charge in [0.15, 0.2) is 0 Å². The van der Waals surface area contributed by atoms with Crippen molar-refractivity contribution >= 4 is 21.6 Å². The van der Waals surface area contributed by atoms with Crippen molar-refractivity contribution in [2.75, 3.05) is 24.1 Å². The van der Waals surface area contributed by atoms with Crippen LogP contribution < -0.4 is 15.4 Å². The molecule has 1 aromatic rings. The van der Waals surface area contributed by atoms with E-state index in [1.54, 1.807) is 24.3 Å². The van der Waals surface area contributed by atoms with E-state index in [4.69, 9.17) is 0 Å². The van der Waals surface area contributed by atoms with Crippen LogP contribution >= 0.6 is 0 Å². The molecule has 19 heavy (non-hydrogen) atoms. The maximum atomic E-state index is 12.1. The summed E-state index contributed by atoms with van der Waals surface area (Å²) in [6.07, 6.45) is 1.94. The molecule has 104 valence electrons. The van der Waals surface area contributed by atoms with Gasteiger partial charge in [-0.1, -0.05) is 12.1 Å². The topological polar surface area (TPSA) is 87.3 Å². The highest BCUT2D eigenvalue weighted by atomic mass is 32.2. The number of anilines is 1. The van der Waals surface area contributed by atoms with E-state index < -0.39 is 10.0 Å². The number of nitrogens with one attached hydrogen (secondary N) is 3. The van der Waals surface area contributed by atoms with Gasteiger partial charge in [-0.05, 0) is 25.1 Å². The molecule has 1 aliphatic heterocycles. The van der Waals surface area contributed by atoms with Gasteiger partial charge in [0.25, 0.3) is 5.91 Å². The van der Waals surface area contributed by atoms with Crippen LogP contribution in [0.2, 0.25) is 0 Å². The number of hydrogen-bond acceptors (Lipinski definition) is 4. The van der Waals surface area contributed by atoms with Crippen molar-refractivity contribution in [2.24, 2.45) is 0 Å². The van der Waals surface area contributed by atoms with Gasteiger partial charge in [-0.3, -0.25) is 9.52 Å². The quantitative estimate of drug-likeness (QED) is 0.734. The Bertz CT molecular complexity index is 565. The van der Waals surface area contributed by atoms with Crippen LogP contribution in [0.25, 0.3) is 0 Å². The molecular weight excluding hydrogens is 266 g/mol. The average Bonchev–Trinajstić information content (AvgIpc) is 2.80. The zero-order chi connectivity index (χ0) is 13.9. The first-order valence-electron chi connectivity index (χ1n) is 6.04. The number of rotatable bonds is 4. The zero-order valence-electron chi connectivity index (χ0n) is 10.6. The standard InChI is InChI=1S/C12H17N3O3S/c1-19(17,18)15-11-5-3-2-4-10(11)12(16)14-9-6-7-13-8-9/h2-5,9,13,15H,6-8H2,1H3,(H,14,16). The van der Waals surface area contributed by atoms with Crippen LogP contribution in [0.1, 0.15) is 16.8 Å². The first-order valence-corrected chi connectivity index (χ1v) is 7.93. The van der Waals surface area contributed by atoms with E-state index >= 15 is 0 Å². The van der Waals surface area contributed by atoms with Crippen molar-refractivity contribution in [3.63, 3.8) is 0 Å². The summed E-state index contributed by atoms with van der Waals surface area (Å²) in [4.78, 5) is 12.1. The van der Waals surface area contributed by atoms with Gasteiger partial charge >= 0.3 is 0 Å². The second-order valence-corrected chi connectivity index (χ2v) is 6.33. The van der Waals surface area contributed by atoms with Gasteiger partial charge in [-0.25, -0.2) is 8.42 Å². The molecule has 1 heterocycles. The van der Waals surface area contributed by atoms with Gasteiger partial charge in [0.2, 0.25) is 10.0 Å². The number of carbonyl (C=O) groups is 1. The zero-order valence-corrected chi connectivity index (χ0v) is 11.5. The molecule has 1 unspecified atom stereocenters. The molecule has 1 fully saturated rings. The van der Waals surface area contributed by atoms with E-state index in [1.807, 2.05) is 0 Å². The van der Waals surface area contributed by atoms with Crippen LogP contribution in [0.3, 0.4) is 0 Å². The van der Waals surface area contributed by atoms with Gasteiger partial charge in [0, 0.05) is 12.6 Å². The molecule has 2 rings (SSSR count). The number of para-hydroxylation sites is 1. The molecule has 0 radical (unpaired) electrons. The third-order valence-electron chi connectivity index (χ3n) is 2.86. The van der Waals surface area contributed by atoms with Crippen LogP contribution in [0.15, 0.2) is 24.3 Å². The monoisotopic (exact) mass is 283 g/mol. The Hall–Kier alpha value is -1.60. The Morgan fingerprint density at radius 1 is 1.37 bits per heavy atom. The van der Waals surface area contributed by atoms with E-state index in [2.05, 4.69) is 15.4 Å². The Balaban J connectivity index is 2.16. The minimum absolute atomic E-state index is 0.0961. The molecule has 1 aromatic carbocycles. The third kappa shape index (κ3) is 3.93. The van der Waals surface area contributed by atoms with Gasteiger partial charge in [-0.2, -0.15) is 0 Å². The minimum Gasteiger partial charge on any atom is -0.348 e. The molecule has 1 saturated heterocycles. The lowest BCUT2D eigenvalue weighted by molar-refractivity contribution is 0.0941. The maximum absolute atomic E-state index is 12.1. The van der Waals surface area contributed by atoms with E-state index in [0.29, 0.717) is 11.3 Å². The first kappa shape index (κ1) is 13.8. The average molecular weight is 283 g/mol. The molecule has 1 amide bonds. The third-order valence-corrected chi connectivity index (χ3v) is 3.45.